The van der Waals surface area contributed by atoms with Gasteiger partial charge in [-0.2, -0.15) is 8.42 Å². The van der Waals surface area contributed by atoms with Crippen LogP contribution in [-0.2, 0) is 14.9 Å². The van der Waals surface area contributed by atoms with Crippen molar-refractivity contribution in [1.29, 1.82) is 0 Å². The Bertz CT molecular complexity index is 1210. The molecule has 3 aromatic rings. The SMILES string of the molecule is O=S(=O)(O)C(c1ccccc1O)(c1cc(O)ccc1Cl)c1cc(Cl)cc(Cl)c1Cl. The van der Waals surface area contributed by atoms with E-state index >= 15 is 0 Å². The van der Waals surface area contributed by atoms with E-state index in [1.807, 2.05) is 0 Å². The van der Waals surface area contributed by atoms with Gasteiger partial charge in [-0.25, -0.2) is 0 Å². The summed E-state index contributed by atoms with van der Waals surface area (Å²) in [5, 5.41) is 20.1. The minimum absolute atomic E-state index is 0.0223. The van der Waals surface area contributed by atoms with E-state index in [1.54, 1.807) is 0 Å². The molecule has 0 fully saturated rings. The molecule has 1 atom stereocenters. The zero-order chi connectivity index (χ0) is 21.6. The number of hydrogen-bond donors (Lipinski definition) is 3. The van der Waals surface area contributed by atoms with Gasteiger partial charge in [0.25, 0.3) is 10.1 Å². The highest BCUT2D eigenvalue weighted by atomic mass is 35.5. The normalized spacial score (nSPS) is 13.8. The Morgan fingerprint density at radius 2 is 1.41 bits per heavy atom. The van der Waals surface area contributed by atoms with Gasteiger partial charge in [0.2, 0.25) is 0 Å². The molecule has 29 heavy (non-hydrogen) atoms. The third-order valence-electron chi connectivity index (χ3n) is 4.37. The van der Waals surface area contributed by atoms with Gasteiger partial charge in [-0.1, -0.05) is 64.6 Å². The molecule has 0 heterocycles. The molecule has 0 aliphatic carbocycles. The van der Waals surface area contributed by atoms with Crippen LogP contribution in [0.15, 0.2) is 54.6 Å². The van der Waals surface area contributed by atoms with Gasteiger partial charge in [-0.15, -0.1) is 0 Å². The van der Waals surface area contributed by atoms with Gasteiger partial charge >= 0.3 is 0 Å². The zero-order valence-electron chi connectivity index (χ0n) is 14.3. The van der Waals surface area contributed by atoms with Crippen molar-refractivity contribution in [2.45, 2.75) is 4.75 Å². The maximum absolute atomic E-state index is 13.0. The van der Waals surface area contributed by atoms with Crippen molar-refractivity contribution >= 4 is 56.5 Å². The molecule has 0 saturated carbocycles. The molecule has 152 valence electrons. The Morgan fingerprint density at radius 1 is 0.759 bits per heavy atom. The van der Waals surface area contributed by atoms with Crippen LogP contribution in [0.25, 0.3) is 0 Å². The Kier molecular flexibility index (Phi) is 5.98. The van der Waals surface area contributed by atoms with Crippen LogP contribution in [0.1, 0.15) is 16.7 Å². The molecule has 0 aromatic heterocycles. The minimum Gasteiger partial charge on any atom is -0.508 e. The standard InChI is InChI=1S/C19H12Cl4O5S/c20-10-7-14(18(23)16(22)8-10)19(29(26,27)28,12-3-1-2-4-17(12)25)13-9-11(24)5-6-15(13)21/h1-9,24-25H,(H,26,27,28). The van der Waals surface area contributed by atoms with E-state index in [0.29, 0.717) is 0 Å². The molecule has 3 rings (SSSR count). The molecule has 1 unspecified atom stereocenters. The van der Waals surface area contributed by atoms with Gasteiger partial charge in [-0.05, 0) is 36.4 Å². The first kappa shape index (κ1) is 22.0. The summed E-state index contributed by atoms with van der Waals surface area (Å²) >= 11 is 24.9. The lowest BCUT2D eigenvalue weighted by atomic mass is 9.83. The maximum atomic E-state index is 13.0. The first-order chi connectivity index (χ1) is 13.5. The van der Waals surface area contributed by atoms with Crippen LogP contribution < -0.4 is 0 Å². The summed E-state index contributed by atoms with van der Waals surface area (Å²) in [4.78, 5) is 0. The van der Waals surface area contributed by atoms with E-state index in [1.165, 1.54) is 48.5 Å². The fourth-order valence-corrected chi connectivity index (χ4v) is 5.67. The number of phenols is 2. The molecule has 0 saturated heterocycles. The molecular weight excluding hydrogens is 482 g/mol. The van der Waals surface area contributed by atoms with Gasteiger partial charge in [0.15, 0.2) is 4.75 Å². The number of para-hydroxylation sites is 1. The monoisotopic (exact) mass is 492 g/mol. The third kappa shape index (κ3) is 3.65. The van der Waals surface area contributed by atoms with Gasteiger partial charge in [0.05, 0.1) is 10.0 Å². The lowest BCUT2D eigenvalue weighted by Crippen LogP contribution is -2.39. The Balaban J connectivity index is 2.68. The minimum atomic E-state index is -5.16. The van der Waals surface area contributed by atoms with Crippen molar-refractivity contribution in [3.63, 3.8) is 0 Å². The van der Waals surface area contributed by atoms with E-state index in [9.17, 15) is 23.2 Å². The molecule has 0 bridgehead atoms. The first-order valence-corrected chi connectivity index (χ1v) is 10.8. The second kappa shape index (κ2) is 7.87. The Morgan fingerprint density at radius 3 is 2.03 bits per heavy atom. The van der Waals surface area contributed by atoms with E-state index in [0.717, 1.165) is 6.07 Å². The number of phenolic OH excluding ortho intramolecular Hbond substituents is 2. The summed E-state index contributed by atoms with van der Waals surface area (Å²) in [6.45, 7) is 0. The molecular formula is C19H12Cl4O5S. The Hall–Kier alpha value is -1.67. The summed E-state index contributed by atoms with van der Waals surface area (Å²) in [5.41, 5.74) is -0.785. The molecule has 0 radical (unpaired) electrons. The van der Waals surface area contributed by atoms with Crippen molar-refractivity contribution < 1.29 is 23.2 Å². The second-order valence-corrected chi connectivity index (χ2v) is 9.28. The highest BCUT2D eigenvalue weighted by molar-refractivity contribution is 7.87. The van der Waals surface area contributed by atoms with Crippen LogP contribution in [-0.4, -0.2) is 23.2 Å². The lowest BCUT2D eigenvalue weighted by molar-refractivity contribution is 0.439. The number of benzene rings is 3. The molecule has 5 nitrogen and oxygen atoms in total. The van der Waals surface area contributed by atoms with Crippen LogP contribution in [0, 0.1) is 0 Å². The van der Waals surface area contributed by atoms with Gasteiger partial charge in [-0.3, -0.25) is 4.55 Å². The first-order valence-electron chi connectivity index (χ1n) is 7.89. The highest BCUT2D eigenvalue weighted by Crippen LogP contribution is 2.52. The van der Waals surface area contributed by atoms with Crippen molar-refractivity contribution in [3.8, 4) is 11.5 Å². The van der Waals surface area contributed by atoms with E-state index in [-0.39, 0.29) is 42.5 Å². The third-order valence-corrected chi connectivity index (χ3v) is 7.16. The summed E-state index contributed by atoms with van der Waals surface area (Å²) in [5.74, 6) is -0.811. The van der Waals surface area contributed by atoms with Crippen molar-refractivity contribution in [1.82, 2.24) is 0 Å². The molecule has 0 aliphatic rings. The predicted octanol–water partition coefficient (Wildman–Crippen LogP) is 5.89. The van der Waals surface area contributed by atoms with Crippen LogP contribution >= 0.6 is 46.4 Å². The average Bonchev–Trinajstić information content (AvgIpc) is 2.62. The number of aromatic hydroxyl groups is 2. The van der Waals surface area contributed by atoms with Gasteiger partial charge in [0, 0.05) is 26.7 Å². The Labute approximate surface area is 186 Å². The fraction of sp³-hybridized carbons (Fsp3) is 0.0526. The molecule has 0 amide bonds. The molecule has 0 aliphatic heterocycles. The van der Waals surface area contributed by atoms with Crippen LogP contribution in [0.2, 0.25) is 20.1 Å². The van der Waals surface area contributed by atoms with E-state index < -0.39 is 20.6 Å². The molecule has 3 N–H and O–H groups in total. The average molecular weight is 494 g/mol. The van der Waals surface area contributed by atoms with E-state index in [2.05, 4.69) is 0 Å². The highest BCUT2D eigenvalue weighted by Gasteiger charge is 2.52. The lowest BCUT2D eigenvalue weighted by Gasteiger charge is -2.34. The fourth-order valence-electron chi connectivity index (χ4n) is 3.22. The summed E-state index contributed by atoms with van der Waals surface area (Å²) in [7, 11) is -5.16. The zero-order valence-corrected chi connectivity index (χ0v) is 18.1. The van der Waals surface area contributed by atoms with Crippen LogP contribution in [0.4, 0.5) is 0 Å². The van der Waals surface area contributed by atoms with E-state index in [4.69, 9.17) is 46.4 Å². The van der Waals surface area contributed by atoms with Crippen LogP contribution in [0.3, 0.4) is 0 Å². The number of rotatable bonds is 4. The van der Waals surface area contributed by atoms with Crippen molar-refractivity contribution in [2.75, 3.05) is 0 Å². The second-order valence-electron chi connectivity index (χ2n) is 6.09. The molecule has 0 spiro atoms. The quantitative estimate of drug-likeness (QED) is 0.239. The van der Waals surface area contributed by atoms with Crippen LogP contribution in [0.5, 0.6) is 11.5 Å². The van der Waals surface area contributed by atoms with Crippen molar-refractivity contribution in [3.05, 3.63) is 91.4 Å². The summed E-state index contributed by atoms with van der Waals surface area (Å²) < 4.78 is 34.0. The van der Waals surface area contributed by atoms with Gasteiger partial charge in [0.1, 0.15) is 11.5 Å². The number of halogens is 4. The smallest absolute Gasteiger partial charge is 0.283 e. The maximum Gasteiger partial charge on any atom is 0.283 e. The largest absolute Gasteiger partial charge is 0.508 e. The summed E-state index contributed by atoms with van der Waals surface area (Å²) in [6, 6.07) is 11.4. The summed E-state index contributed by atoms with van der Waals surface area (Å²) in [6.07, 6.45) is 0. The predicted molar refractivity (Wildman–Crippen MR) is 114 cm³/mol. The molecule has 3 aromatic carbocycles. The molecule has 10 heteroatoms. The van der Waals surface area contributed by atoms with Gasteiger partial charge < -0.3 is 10.2 Å². The number of hydrogen-bond acceptors (Lipinski definition) is 4. The topological polar surface area (TPSA) is 94.8 Å². The van der Waals surface area contributed by atoms with Crippen molar-refractivity contribution in [2.24, 2.45) is 0 Å².